The van der Waals surface area contributed by atoms with Gasteiger partial charge in [0.15, 0.2) is 0 Å². The van der Waals surface area contributed by atoms with E-state index >= 15 is 0 Å². The highest BCUT2D eigenvalue weighted by molar-refractivity contribution is 5.78. The lowest BCUT2D eigenvalue weighted by Gasteiger charge is -2.07. The predicted octanol–water partition coefficient (Wildman–Crippen LogP) is 2.24. The number of carbonyl (C=O) groups is 1. The van der Waals surface area contributed by atoms with Crippen LogP contribution in [0.5, 0.6) is 0 Å². The SMILES string of the molecule is COCc1ccc(F)c(CC(C)=O)c1F. The molecule has 0 bridgehead atoms. The summed E-state index contributed by atoms with van der Waals surface area (Å²) in [5.41, 5.74) is 0.0761. The van der Waals surface area contributed by atoms with Crippen molar-refractivity contribution in [2.45, 2.75) is 20.0 Å². The van der Waals surface area contributed by atoms with Gasteiger partial charge in [-0.05, 0) is 13.0 Å². The standard InChI is InChI=1S/C11H12F2O2/c1-7(14)5-9-10(12)4-3-8(6-15-2)11(9)13/h3-4H,5-6H2,1-2H3. The zero-order chi connectivity index (χ0) is 11.4. The van der Waals surface area contributed by atoms with Gasteiger partial charge in [0.05, 0.1) is 6.61 Å². The molecule has 1 aromatic carbocycles. The Bertz CT molecular complexity index is 375. The lowest BCUT2D eigenvalue weighted by Crippen LogP contribution is -2.06. The molecule has 82 valence electrons. The predicted molar refractivity (Wildman–Crippen MR) is 51.5 cm³/mol. The molecule has 0 spiro atoms. The van der Waals surface area contributed by atoms with E-state index in [4.69, 9.17) is 4.74 Å². The maximum Gasteiger partial charge on any atom is 0.135 e. The molecule has 0 unspecified atom stereocenters. The number of ketones is 1. The van der Waals surface area contributed by atoms with Crippen molar-refractivity contribution in [3.8, 4) is 0 Å². The average molecular weight is 214 g/mol. The summed E-state index contributed by atoms with van der Waals surface area (Å²) in [6.45, 7) is 1.36. The Balaban J connectivity index is 3.11. The van der Waals surface area contributed by atoms with Gasteiger partial charge in [0.2, 0.25) is 0 Å². The van der Waals surface area contributed by atoms with Crippen LogP contribution in [-0.2, 0) is 22.6 Å². The minimum atomic E-state index is -0.692. The lowest BCUT2D eigenvalue weighted by atomic mass is 10.0. The molecule has 0 fully saturated rings. The first-order valence-corrected chi connectivity index (χ1v) is 4.50. The van der Waals surface area contributed by atoms with Crippen LogP contribution < -0.4 is 0 Å². The van der Waals surface area contributed by atoms with Crippen LogP contribution in [0.1, 0.15) is 18.1 Å². The number of hydrogen-bond donors (Lipinski definition) is 0. The first-order chi connectivity index (χ1) is 7.06. The molecule has 4 heteroatoms. The Hall–Kier alpha value is -1.29. The Kier molecular flexibility index (Phi) is 3.91. The quantitative estimate of drug-likeness (QED) is 0.768. The van der Waals surface area contributed by atoms with Crippen LogP contribution in [0.25, 0.3) is 0 Å². The molecule has 15 heavy (non-hydrogen) atoms. The summed E-state index contributed by atoms with van der Waals surface area (Å²) in [7, 11) is 1.42. The third-order valence-corrected chi connectivity index (χ3v) is 1.99. The molecule has 0 radical (unpaired) electrons. The summed E-state index contributed by atoms with van der Waals surface area (Å²) in [5.74, 6) is -1.66. The molecule has 0 atom stereocenters. The van der Waals surface area contributed by atoms with Crippen molar-refractivity contribution in [1.29, 1.82) is 0 Å². The molecule has 0 aliphatic rings. The number of benzene rings is 1. The fourth-order valence-electron chi connectivity index (χ4n) is 1.32. The van der Waals surface area contributed by atoms with Gasteiger partial charge in [0.25, 0.3) is 0 Å². The number of methoxy groups -OCH3 is 1. The second-order valence-corrected chi connectivity index (χ2v) is 3.31. The van der Waals surface area contributed by atoms with Crippen LogP contribution in [-0.4, -0.2) is 12.9 Å². The van der Waals surface area contributed by atoms with E-state index < -0.39 is 11.6 Å². The Morgan fingerprint density at radius 2 is 2.07 bits per heavy atom. The molecular formula is C11H12F2O2. The Labute approximate surface area is 86.9 Å². The molecular weight excluding hydrogens is 202 g/mol. The van der Waals surface area contributed by atoms with E-state index in [1.54, 1.807) is 0 Å². The van der Waals surface area contributed by atoms with E-state index in [2.05, 4.69) is 0 Å². The van der Waals surface area contributed by atoms with Crippen molar-refractivity contribution >= 4 is 5.78 Å². The van der Waals surface area contributed by atoms with Gasteiger partial charge in [0, 0.05) is 24.7 Å². The highest BCUT2D eigenvalue weighted by Gasteiger charge is 2.14. The average Bonchev–Trinajstić information content (AvgIpc) is 2.17. The van der Waals surface area contributed by atoms with Crippen molar-refractivity contribution in [2.75, 3.05) is 7.11 Å². The van der Waals surface area contributed by atoms with Crippen LogP contribution in [0.4, 0.5) is 8.78 Å². The van der Waals surface area contributed by atoms with Gasteiger partial charge in [-0.25, -0.2) is 8.78 Å². The third-order valence-electron chi connectivity index (χ3n) is 1.99. The Morgan fingerprint density at radius 3 is 2.60 bits per heavy atom. The fourth-order valence-corrected chi connectivity index (χ4v) is 1.32. The van der Waals surface area contributed by atoms with Crippen molar-refractivity contribution in [2.24, 2.45) is 0 Å². The van der Waals surface area contributed by atoms with Gasteiger partial charge in [-0.15, -0.1) is 0 Å². The monoisotopic (exact) mass is 214 g/mol. The highest BCUT2D eigenvalue weighted by atomic mass is 19.1. The van der Waals surface area contributed by atoms with E-state index in [-0.39, 0.29) is 29.9 Å². The highest BCUT2D eigenvalue weighted by Crippen LogP contribution is 2.18. The maximum atomic E-state index is 13.6. The third kappa shape index (κ3) is 2.83. The maximum absolute atomic E-state index is 13.6. The minimum Gasteiger partial charge on any atom is -0.380 e. The van der Waals surface area contributed by atoms with Gasteiger partial charge in [-0.1, -0.05) is 6.07 Å². The Morgan fingerprint density at radius 1 is 1.40 bits per heavy atom. The first-order valence-electron chi connectivity index (χ1n) is 4.50. The molecule has 2 nitrogen and oxygen atoms in total. The number of Topliss-reactive ketones (excluding diaryl/α,β-unsaturated/α-hetero) is 1. The number of ether oxygens (including phenoxy) is 1. The number of rotatable bonds is 4. The van der Waals surface area contributed by atoms with E-state index in [9.17, 15) is 13.6 Å². The van der Waals surface area contributed by atoms with Crippen molar-refractivity contribution < 1.29 is 18.3 Å². The minimum absolute atomic E-state index is 0.0665. The van der Waals surface area contributed by atoms with Gasteiger partial charge < -0.3 is 4.74 Å². The summed E-state index contributed by atoms with van der Waals surface area (Å²) in [6.07, 6.45) is -0.227. The molecule has 0 amide bonds. The van der Waals surface area contributed by atoms with Gasteiger partial charge in [-0.3, -0.25) is 4.79 Å². The van der Waals surface area contributed by atoms with E-state index in [1.807, 2.05) is 0 Å². The number of carbonyl (C=O) groups excluding carboxylic acids is 1. The van der Waals surface area contributed by atoms with Crippen molar-refractivity contribution in [1.82, 2.24) is 0 Å². The molecule has 0 saturated carbocycles. The molecule has 0 saturated heterocycles. The second-order valence-electron chi connectivity index (χ2n) is 3.31. The van der Waals surface area contributed by atoms with Gasteiger partial charge in [-0.2, -0.15) is 0 Å². The molecule has 0 aliphatic heterocycles. The first kappa shape index (κ1) is 11.8. The van der Waals surface area contributed by atoms with Crippen LogP contribution in [0.3, 0.4) is 0 Å². The van der Waals surface area contributed by atoms with Gasteiger partial charge >= 0.3 is 0 Å². The molecule has 0 heterocycles. The van der Waals surface area contributed by atoms with Crippen LogP contribution in [0.2, 0.25) is 0 Å². The van der Waals surface area contributed by atoms with Crippen molar-refractivity contribution in [3.63, 3.8) is 0 Å². The molecule has 0 aromatic heterocycles. The van der Waals surface area contributed by atoms with Crippen LogP contribution in [0, 0.1) is 11.6 Å². The van der Waals surface area contributed by atoms with E-state index in [0.717, 1.165) is 6.07 Å². The summed E-state index contributed by atoms with van der Waals surface area (Å²) in [5, 5.41) is 0. The second kappa shape index (κ2) is 4.98. The fraction of sp³-hybridized carbons (Fsp3) is 0.364. The number of hydrogen-bond acceptors (Lipinski definition) is 2. The smallest absolute Gasteiger partial charge is 0.135 e. The van der Waals surface area contributed by atoms with E-state index in [0.29, 0.717) is 0 Å². The molecule has 1 aromatic rings. The normalized spacial score (nSPS) is 10.4. The summed E-state index contributed by atoms with van der Waals surface area (Å²) >= 11 is 0. The molecule has 0 N–H and O–H groups in total. The number of halogens is 2. The van der Waals surface area contributed by atoms with Crippen LogP contribution in [0.15, 0.2) is 12.1 Å². The lowest BCUT2D eigenvalue weighted by molar-refractivity contribution is -0.116. The summed E-state index contributed by atoms with van der Waals surface area (Å²) in [6, 6.07) is 2.47. The summed E-state index contributed by atoms with van der Waals surface area (Å²) < 4.78 is 31.6. The van der Waals surface area contributed by atoms with Crippen LogP contribution >= 0.6 is 0 Å². The topological polar surface area (TPSA) is 26.3 Å². The molecule has 0 aliphatic carbocycles. The zero-order valence-corrected chi connectivity index (χ0v) is 8.64. The molecule has 1 rings (SSSR count). The largest absolute Gasteiger partial charge is 0.380 e. The van der Waals surface area contributed by atoms with Crippen molar-refractivity contribution in [3.05, 3.63) is 34.9 Å². The van der Waals surface area contributed by atoms with E-state index in [1.165, 1.54) is 20.1 Å². The van der Waals surface area contributed by atoms with Gasteiger partial charge in [0.1, 0.15) is 17.4 Å². The zero-order valence-electron chi connectivity index (χ0n) is 8.64. The summed E-state index contributed by atoms with van der Waals surface area (Å²) in [4.78, 5) is 10.8.